The highest BCUT2D eigenvalue weighted by atomic mass is 32.2. The number of aromatic carboxylic acids is 1. The molecule has 0 aliphatic rings. The van der Waals surface area contributed by atoms with Gasteiger partial charge in [-0.2, -0.15) is 0 Å². The topological polar surface area (TPSA) is 92.7 Å². The van der Waals surface area contributed by atoms with Gasteiger partial charge in [-0.3, -0.25) is 0 Å². The second kappa shape index (κ2) is 8.56. The quantitative estimate of drug-likeness (QED) is 0.503. The number of ether oxygens (including phenoxy) is 1. The summed E-state index contributed by atoms with van der Waals surface area (Å²) < 4.78 is 31.3. The molecule has 0 atom stereocenters. The van der Waals surface area contributed by atoms with Gasteiger partial charge in [0.25, 0.3) is 0 Å². The van der Waals surface area contributed by atoms with Crippen molar-refractivity contribution >= 4 is 16.0 Å². The number of carbonyl (C=O) groups is 1. The maximum atomic E-state index is 11.8. The van der Waals surface area contributed by atoms with Gasteiger partial charge in [0.2, 0.25) is 10.0 Å². The van der Waals surface area contributed by atoms with Gasteiger partial charge in [0.05, 0.1) is 24.5 Å². The Balaban J connectivity index is 2.47. The molecule has 0 aliphatic carbocycles. The lowest BCUT2D eigenvalue weighted by Gasteiger charge is -2.07. The van der Waals surface area contributed by atoms with Gasteiger partial charge in [-0.05, 0) is 24.1 Å². The third-order valence-corrected chi connectivity index (χ3v) is 3.92. The van der Waals surface area contributed by atoms with Crippen molar-refractivity contribution < 1.29 is 23.1 Å². The largest absolute Gasteiger partial charge is 0.478 e. The summed E-state index contributed by atoms with van der Waals surface area (Å²) in [4.78, 5) is 10.8. The Kier molecular flexibility index (Phi) is 7.07. The van der Waals surface area contributed by atoms with Crippen LogP contribution < -0.4 is 4.72 Å². The average Bonchev–Trinajstić information content (AvgIpc) is 2.42. The number of benzene rings is 1. The zero-order valence-corrected chi connectivity index (χ0v) is 12.4. The summed E-state index contributed by atoms with van der Waals surface area (Å²) in [6.07, 6.45) is 2.44. The van der Waals surface area contributed by atoms with Crippen LogP contribution in [0.1, 0.15) is 22.3 Å². The molecule has 0 aromatic heterocycles. The number of carboxylic acid groups (broad SMARTS) is 1. The van der Waals surface area contributed by atoms with E-state index in [1.807, 2.05) is 0 Å². The molecule has 0 amide bonds. The minimum Gasteiger partial charge on any atom is -0.478 e. The van der Waals surface area contributed by atoms with Crippen LogP contribution in [0.4, 0.5) is 0 Å². The van der Waals surface area contributed by atoms with Crippen LogP contribution in [0.3, 0.4) is 0 Å². The molecule has 0 saturated heterocycles. The average molecular weight is 313 g/mol. The number of sulfonamides is 1. The molecule has 6 nitrogen and oxygen atoms in total. The van der Waals surface area contributed by atoms with E-state index >= 15 is 0 Å². The second-order valence-electron chi connectivity index (χ2n) is 4.35. The number of carboxylic acids is 1. The van der Waals surface area contributed by atoms with Crippen LogP contribution in [-0.2, 0) is 20.5 Å². The van der Waals surface area contributed by atoms with Gasteiger partial charge >= 0.3 is 5.97 Å². The first kappa shape index (κ1) is 17.4. The van der Waals surface area contributed by atoms with Gasteiger partial charge < -0.3 is 9.84 Å². The van der Waals surface area contributed by atoms with Crippen molar-refractivity contribution in [2.45, 2.75) is 12.2 Å². The Morgan fingerprint density at radius 2 is 2.14 bits per heavy atom. The summed E-state index contributed by atoms with van der Waals surface area (Å²) in [6, 6.07) is 5.86. The maximum absolute atomic E-state index is 11.8. The molecule has 0 unspecified atom stereocenters. The molecule has 116 valence electrons. The molecule has 1 aromatic rings. The number of hydrogen-bond acceptors (Lipinski definition) is 4. The highest BCUT2D eigenvalue weighted by Gasteiger charge is 2.12. The first-order valence-corrected chi connectivity index (χ1v) is 8.08. The third-order valence-electron chi connectivity index (χ3n) is 2.57. The molecule has 1 rings (SSSR count). The molecule has 0 fully saturated rings. The Labute approximate surface area is 124 Å². The van der Waals surface area contributed by atoms with Gasteiger partial charge in [-0.15, -0.1) is 6.58 Å². The smallest absolute Gasteiger partial charge is 0.335 e. The van der Waals surface area contributed by atoms with Crippen LogP contribution in [0.25, 0.3) is 0 Å². The molecule has 0 bridgehead atoms. The fourth-order valence-corrected chi connectivity index (χ4v) is 2.72. The van der Waals surface area contributed by atoms with Crippen molar-refractivity contribution in [3.8, 4) is 0 Å². The maximum Gasteiger partial charge on any atom is 0.335 e. The molecular formula is C14H19NO5S. The summed E-state index contributed by atoms with van der Waals surface area (Å²) in [5, 5.41) is 8.86. The molecule has 0 saturated carbocycles. The van der Waals surface area contributed by atoms with E-state index in [2.05, 4.69) is 11.3 Å². The van der Waals surface area contributed by atoms with E-state index in [1.54, 1.807) is 12.1 Å². The Morgan fingerprint density at radius 1 is 1.38 bits per heavy atom. The van der Waals surface area contributed by atoms with E-state index < -0.39 is 16.0 Å². The fourth-order valence-electron chi connectivity index (χ4n) is 1.60. The minimum atomic E-state index is -3.51. The predicted molar refractivity (Wildman–Crippen MR) is 79.7 cm³/mol. The lowest BCUT2D eigenvalue weighted by atomic mass is 10.1. The summed E-state index contributed by atoms with van der Waals surface area (Å²) >= 11 is 0. The van der Waals surface area contributed by atoms with Gasteiger partial charge in [0.15, 0.2) is 0 Å². The van der Waals surface area contributed by atoms with Gasteiger partial charge in [0.1, 0.15) is 0 Å². The number of nitrogens with one attached hydrogen (secondary N) is 1. The zero-order valence-electron chi connectivity index (χ0n) is 11.6. The van der Waals surface area contributed by atoms with Crippen LogP contribution in [0.5, 0.6) is 0 Å². The SMILES string of the molecule is C=CCCOCCNS(=O)(=O)Cc1cccc(C(=O)O)c1. The third kappa shape index (κ3) is 7.03. The molecule has 0 spiro atoms. The summed E-state index contributed by atoms with van der Waals surface area (Å²) in [6.45, 7) is 4.52. The molecule has 1 aromatic carbocycles. The minimum absolute atomic E-state index is 0.0652. The van der Waals surface area contributed by atoms with Crippen molar-refractivity contribution in [2.24, 2.45) is 0 Å². The van der Waals surface area contributed by atoms with Crippen LogP contribution in [0, 0.1) is 0 Å². The molecule has 7 heteroatoms. The Hall–Kier alpha value is -1.70. The second-order valence-corrected chi connectivity index (χ2v) is 6.16. The normalized spacial score (nSPS) is 11.2. The highest BCUT2D eigenvalue weighted by molar-refractivity contribution is 7.88. The zero-order chi connectivity index (χ0) is 15.7. The lowest BCUT2D eigenvalue weighted by molar-refractivity contribution is 0.0696. The van der Waals surface area contributed by atoms with Crippen LogP contribution in [0.15, 0.2) is 36.9 Å². The van der Waals surface area contributed by atoms with Gasteiger partial charge in [-0.25, -0.2) is 17.9 Å². The molecule has 0 heterocycles. The monoisotopic (exact) mass is 313 g/mol. The predicted octanol–water partition coefficient (Wildman–Crippen LogP) is 1.40. The number of hydrogen-bond donors (Lipinski definition) is 2. The first-order chi connectivity index (χ1) is 9.94. The van der Waals surface area contributed by atoms with E-state index in [4.69, 9.17) is 9.84 Å². The van der Waals surface area contributed by atoms with Crippen molar-refractivity contribution in [2.75, 3.05) is 19.8 Å². The van der Waals surface area contributed by atoms with E-state index in [0.717, 1.165) is 0 Å². The Morgan fingerprint density at radius 3 is 2.81 bits per heavy atom. The molecule has 0 aliphatic heterocycles. The fraction of sp³-hybridized carbons (Fsp3) is 0.357. The molecule has 2 N–H and O–H groups in total. The molecular weight excluding hydrogens is 294 g/mol. The molecule has 0 radical (unpaired) electrons. The van der Waals surface area contributed by atoms with Crippen LogP contribution in [-0.4, -0.2) is 39.3 Å². The van der Waals surface area contributed by atoms with E-state index in [9.17, 15) is 13.2 Å². The summed E-state index contributed by atoms with van der Waals surface area (Å²) in [5.74, 6) is -1.35. The standard InChI is InChI=1S/C14H19NO5S/c1-2-3-8-20-9-7-15-21(18,19)11-12-5-4-6-13(10-12)14(16)17/h2,4-6,10,15H,1,3,7-9,11H2,(H,16,17). The summed E-state index contributed by atoms with van der Waals surface area (Å²) in [7, 11) is -3.51. The first-order valence-electron chi connectivity index (χ1n) is 6.43. The van der Waals surface area contributed by atoms with E-state index in [1.165, 1.54) is 18.2 Å². The van der Waals surface area contributed by atoms with Crippen LogP contribution in [0.2, 0.25) is 0 Å². The molecule has 21 heavy (non-hydrogen) atoms. The van der Waals surface area contributed by atoms with Crippen molar-refractivity contribution in [3.05, 3.63) is 48.0 Å². The van der Waals surface area contributed by atoms with E-state index in [-0.39, 0.29) is 24.5 Å². The Bertz CT molecular complexity index is 583. The summed E-state index contributed by atoms with van der Waals surface area (Å²) in [5.41, 5.74) is 0.491. The van der Waals surface area contributed by atoms with E-state index in [0.29, 0.717) is 18.6 Å². The van der Waals surface area contributed by atoms with Crippen molar-refractivity contribution in [1.29, 1.82) is 0 Å². The van der Waals surface area contributed by atoms with Crippen LogP contribution >= 0.6 is 0 Å². The van der Waals surface area contributed by atoms with Crippen molar-refractivity contribution in [1.82, 2.24) is 4.72 Å². The van der Waals surface area contributed by atoms with Crippen molar-refractivity contribution in [3.63, 3.8) is 0 Å². The van der Waals surface area contributed by atoms with Gasteiger partial charge in [-0.1, -0.05) is 18.2 Å². The highest BCUT2D eigenvalue weighted by Crippen LogP contribution is 2.08. The number of rotatable bonds is 10. The lowest BCUT2D eigenvalue weighted by Crippen LogP contribution is -2.28. The van der Waals surface area contributed by atoms with Gasteiger partial charge in [0, 0.05) is 6.54 Å².